The predicted octanol–water partition coefficient (Wildman–Crippen LogP) is -1.44. The molecule has 2 aliphatic carbocycles. The van der Waals surface area contributed by atoms with E-state index in [0.717, 1.165) is 0 Å². The molecule has 4 heteroatoms. The van der Waals surface area contributed by atoms with E-state index in [2.05, 4.69) is 36.4 Å². The Morgan fingerprint density at radius 2 is 1.00 bits per heavy atom. The second-order valence-electron chi connectivity index (χ2n) is 5.57. The van der Waals surface area contributed by atoms with E-state index in [9.17, 15) is 0 Å². The second-order valence-corrected chi connectivity index (χ2v) is 5.57. The van der Waals surface area contributed by atoms with Gasteiger partial charge in [0.25, 0.3) is 0 Å². The van der Waals surface area contributed by atoms with Crippen molar-refractivity contribution in [1.29, 1.82) is 0 Å². The predicted molar refractivity (Wildman–Crippen MR) is 98.7 cm³/mol. The van der Waals surface area contributed by atoms with E-state index >= 15 is 0 Å². The third-order valence-electron chi connectivity index (χ3n) is 4.30. The fourth-order valence-electron chi connectivity index (χ4n) is 3.23. The minimum atomic E-state index is 0. The first kappa shape index (κ1) is 29.2. The van der Waals surface area contributed by atoms with Crippen molar-refractivity contribution in [1.82, 2.24) is 0 Å². The first-order valence-electron chi connectivity index (χ1n) is 7.76. The third-order valence-corrected chi connectivity index (χ3v) is 4.30. The van der Waals surface area contributed by atoms with Crippen LogP contribution < -0.4 is 24.8 Å². The fourth-order valence-corrected chi connectivity index (χ4v) is 3.23. The molecule has 0 aromatic heterocycles. The summed E-state index contributed by atoms with van der Waals surface area (Å²) in [5.41, 5.74) is 6.39. The summed E-state index contributed by atoms with van der Waals surface area (Å²) in [7, 11) is 0. The van der Waals surface area contributed by atoms with E-state index in [1.807, 2.05) is 6.88 Å². The van der Waals surface area contributed by atoms with Gasteiger partial charge >= 0.3 is 30.2 Å². The van der Waals surface area contributed by atoms with E-state index in [-0.39, 0.29) is 39.7 Å². The summed E-state index contributed by atoms with van der Waals surface area (Å²) < 4.78 is 0. The molecule has 0 spiro atoms. The minimum absolute atomic E-state index is 0. The van der Waals surface area contributed by atoms with Crippen molar-refractivity contribution in [2.75, 3.05) is 0 Å². The maximum absolute atomic E-state index is 2.26. The van der Waals surface area contributed by atoms with Gasteiger partial charge in [0.2, 0.25) is 0 Å². The molecule has 0 bridgehead atoms. The molecule has 0 unspecified atom stereocenters. The fraction of sp³-hybridized carbons (Fsp3) is 0.400. The third kappa shape index (κ3) is 8.65. The monoisotopic (exact) mass is 458 g/mol. The van der Waals surface area contributed by atoms with Gasteiger partial charge < -0.3 is 39.7 Å². The summed E-state index contributed by atoms with van der Waals surface area (Å²) in [6.07, 6.45) is 10.9. The molecule has 2 aromatic carbocycles. The number of rotatable bonds is 0. The van der Waals surface area contributed by atoms with Gasteiger partial charge in [0.1, 0.15) is 0 Å². The summed E-state index contributed by atoms with van der Waals surface area (Å²) in [5, 5.41) is 0. The largest absolute Gasteiger partial charge is 0.210 e. The zero-order chi connectivity index (χ0) is 14.2. The number of hydrogen-bond donors (Lipinski definition) is 0. The summed E-state index contributed by atoms with van der Waals surface area (Å²) >= 11 is 1.58. The molecule has 0 saturated carbocycles. The van der Waals surface area contributed by atoms with Crippen LogP contribution in [0.3, 0.4) is 0 Å². The van der Waals surface area contributed by atoms with Crippen molar-refractivity contribution in [3.05, 3.63) is 73.5 Å². The van der Waals surface area contributed by atoms with Crippen molar-refractivity contribution in [2.24, 2.45) is 0 Å². The van der Waals surface area contributed by atoms with E-state index < -0.39 is 0 Å². The Kier molecular flexibility index (Phi) is 20.4. The molecule has 4 rings (SSSR count). The molecule has 2 aliphatic rings. The molecule has 0 saturated heterocycles. The molecule has 0 heterocycles. The Hall–Kier alpha value is 0.380. The maximum atomic E-state index is 2.26. The van der Waals surface area contributed by atoms with E-state index in [0.29, 0.717) is 0 Å². The molecule has 0 aliphatic heterocycles. The Morgan fingerprint density at radius 3 is 1.33 bits per heavy atom. The van der Waals surface area contributed by atoms with E-state index in [4.69, 9.17) is 0 Å². The zero-order valence-electron chi connectivity index (χ0n) is 15.1. The van der Waals surface area contributed by atoms with Crippen molar-refractivity contribution >= 4 is 6.88 Å². The Labute approximate surface area is 178 Å². The quantitative estimate of drug-likeness (QED) is 0.334. The molecular weight excluding hydrogens is 430 g/mol. The van der Waals surface area contributed by atoms with Gasteiger partial charge in [0.05, 0.1) is 0 Å². The van der Waals surface area contributed by atoms with Crippen LogP contribution in [0, 0.1) is 14.9 Å². The number of aryl methyl sites for hydroxylation is 4. The van der Waals surface area contributed by atoms with Crippen LogP contribution in [-0.4, -0.2) is 6.88 Å². The molecule has 0 atom stereocenters. The van der Waals surface area contributed by atoms with Crippen LogP contribution in [0.15, 0.2) is 36.4 Å². The standard InChI is InChI=1S/2C9H11.2CH3.2ClH.H2Si.Zr/c2*1-2-5-9-7-3-6-8(9)4-1;;;;;;/h2*3,6-7H,1-2,4-5H2;2*1H3;2*1H;1H2;/q4*-1;;;;/p-2. The maximum Gasteiger partial charge on any atom is -0.0512 e. The smallest absolute Gasteiger partial charge is 0.0512 e. The molecule has 0 radical (unpaired) electrons. The average Bonchev–Trinajstić information content (AvgIpc) is 3.18. The van der Waals surface area contributed by atoms with Gasteiger partial charge in [-0.2, -0.15) is 46.5 Å². The average molecular weight is 461 g/mol. The van der Waals surface area contributed by atoms with Crippen LogP contribution in [0.1, 0.15) is 47.9 Å². The van der Waals surface area contributed by atoms with Crippen molar-refractivity contribution in [3.8, 4) is 0 Å². The summed E-state index contributed by atoms with van der Waals surface area (Å²) in [6.45, 7) is 1.95. The molecule has 0 fully saturated rings. The normalized spacial score (nSPS) is 13.1. The van der Waals surface area contributed by atoms with Crippen LogP contribution in [0.4, 0.5) is 0 Å². The summed E-state index contributed by atoms with van der Waals surface area (Å²) in [5.74, 6) is 0. The molecule has 24 heavy (non-hydrogen) atoms. The van der Waals surface area contributed by atoms with Gasteiger partial charge in [0, 0.05) is 0 Å². The van der Waals surface area contributed by atoms with Crippen LogP contribution in [0.2, 0.25) is 0 Å². The van der Waals surface area contributed by atoms with Gasteiger partial charge in [-0.3, -0.25) is 0 Å². The van der Waals surface area contributed by atoms with Crippen LogP contribution in [-0.2, 0) is 49.0 Å². The van der Waals surface area contributed by atoms with Crippen molar-refractivity contribution < 1.29 is 48.1 Å². The molecule has 0 nitrogen and oxygen atoms in total. The van der Waals surface area contributed by atoms with E-state index in [1.165, 1.54) is 51.4 Å². The zero-order valence-corrected chi connectivity index (χ0v) is 20.5. The minimum Gasteiger partial charge on any atom is -0.210 e. The number of fused-ring (bicyclic) bond motifs is 2. The van der Waals surface area contributed by atoms with Gasteiger partial charge in [0.15, 0.2) is 0 Å². The first-order chi connectivity index (χ1) is 9.93. The van der Waals surface area contributed by atoms with Crippen LogP contribution >= 0.6 is 0 Å². The Morgan fingerprint density at radius 1 is 0.667 bits per heavy atom. The second kappa shape index (κ2) is 16.8. The van der Waals surface area contributed by atoms with Gasteiger partial charge in [-0.1, -0.05) is 51.4 Å². The molecular formula is C20H30Cl2SiZr-6. The Balaban J connectivity index is -0.000000290. The van der Waals surface area contributed by atoms with Gasteiger partial charge in [-0.05, 0) is 0 Å². The topological polar surface area (TPSA) is 0 Å². The van der Waals surface area contributed by atoms with Crippen molar-refractivity contribution in [2.45, 2.75) is 51.4 Å². The number of halogens is 2. The molecule has 0 N–H and O–H groups in total. The van der Waals surface area contributed by atoms with Gasteiger partial charge in [-0.25, -0.2) is 12.1 Å². The van der Waals surface area contributed by atoms with Crippen LogP contribution in [0.5, 0.6) is 0 Å². The molecule has 0 amide bonds. The molecule has 138 valence electrons. The van der Waals surface area contributed by atoms with Gasteiger partial charge in [-0.15, -0.1) is 0 Å². The van der Waals surface area contributed by atoms with Crippen LogP contribution in [0.25, 0.3) is 0 Å². The Bertz CT molecular complexity index is 432. The first-order valence-corrected chi connectivity index (χ1v) is 13.7. The molecule has 2 aromatic rings. The van der Waals surface area contributed by atoms with E-state index in [1.54, 1.807) is 45.6 Å². The van der Waals surface area contributed by atoms with Crippen molar-refractivity contribution in [3.63, 3.8) is 0 Å². The summed E-state index contributed by atoms with van der Waals surface area (Å²) in [6, 6.07) is 13.4. The number of hydrogen-bond acceptors (Lipinski definition) is 0. The SMILES string of the molecule is [CH3-].[CH3-].[Cl-].[Cl-].[SiH2]=[Zr].c1cc2c([cH-]1)CCCC2.c1cc2c([cH-]1)CCCC2. The summed E-state index contributed by atoms with van der Waals surface area (Å²) in [4.78, 5) is 0.